The van der Waals surface area contributed by atoms with Crippen molar-refractivity contribution in [2.45, 2.75) is 67.3 Å². The third-order valence-corrected chi connectivity index (χ3v) is 3.82. The third kappa shape index (κ3) is 5.55. The highest BCUT2D eigenvalue weighted by Crippen LogP contribution is 2.34. The van der Waals surface area contributed by atoms with Crippen molar-refractivity contribution in [3.05, 3.63) is 0 Å². The van der Waals surface area contributed by atoms with Gasteiger partial charge in [0.15, 0.2) is 0 Å². The van der Waals surface area contributed by atoms with Crippen LogP contribution in [0.15, 0.2) is 0 Å². The Morgan fingerprint density at radius 2 is 1.60 bits per heavy atom. The largest absolute Gasteiger partial charge is 0.314 e. The molecular formula is C14H31N. The number of nitrogens with one attached hydrogen (secondary N) is 1. The van der Waals surface area contributed by atoms with Gasteiger partial charge < -0.3 is 5.32 Å². The summed E-state index contributed by atoms with van der Waals surface area (Å²) in [7, 11) is 0. The predicted molar refractivity (Wildman–Crippen MR) is 70.2 cm³/mol. The first-order chi connectivity index (χ1) is 6.81. The van der Waals surface area contributed by atoms with Crippen molar-refractivity contribution in [2.75, 3.05) is 6.54 Å². The van der Waals surface area contributed by atoms with Gasteiger partial charge in [0.2, 0.25) is 0 Å². The molecule has 0 amide bonds. The molecular weight excluding hydrogens is 182 g/mol. The van der Waals surface area contributed by atoms with Crippen LogP contribution in [0.4, 0.5) is 0 Å². The van der Waals surface area contributed by atoms with E-state index in [2.05, 4.69) is 53.8 Å². The van der Waals surface area contributed by atoms with E-state index in [9.17, 15) is 0 Å². The van der Waals surface area contributed by atoms with Gasteiger partial charge in [0.05, 0.1) is 0 Å². The summed E-state index contributed by atoms with van der Waals surface area (Å²) in [6.45, 7) is 17.4. The lowest BCUT2D eigenvalue weighted by molar-refractivity contribution is 0.156. The zero-order chi connectivity index (χ0) is 12.1. The first kappa shape index (κ1) is 15.0. The Hall–Kier alpha value is -0.0400. The predicted octanol–water partition coefficient (Wildman–Crippen LogP) is 4.08. The molecule has 0 aliphatic rings. The summed E-state index contributed by atoms with van der Waals surface area (Å²) in [5.41, 5.74) is 0.444. The van der Waals surface area contributed by atoms with Gasteiger partial charge in [-0.3, -0.25) is 0 Å². The van der Waals surface area contributed by atoms with Gasteiger partial charge in [0.1, 0.15) is 0 Å². The van der Waals surface area contributed by atoms with Crippen molar-refractivity contribution in [3.63, 3.8) is 0 Å². The van der Waals surface area contributed by atoms with Gasteiger partial charge in [-0.2, -0.15) is 0 Å². The van der Waals surface area contributed by atoms with E-state index in [1.54, 1.807) is 0 Å². The lowest BCUT2D eigenvalue weighted by Crippen LogP contribution is -2.40. The van der Waals surface area contributed by atoms with Crippen LogP contribution in [0.25, 0.3) is 0 Å². The van der Waals surface area contributed by atoms with E-state index < -0.39 is 0 Å². The van der Waals surface area contributed by atoms with Crippen molar-refractivity contribution in [1.82, 2.24) is 5.32 Å². The molecule has 0 aromatic carbocycles. The van der Waals surface area contributed by atoms with E-state index in [0.717, 1.165) is 18.4 Å². The van der Waals surface area contributed by atoms with Crippen LogP contribution in [0.1, 0.15) is 61.3 Å². The minimum absolute atomic E-state index is 0.444. The summed E-state index contributed by atoms with van der Waals surface area (Å²) < 4.78 is 0. The Labute approximate surface area is 97.0 Å². The van der Waals surface area contributed by atoms with E-state index in [-0.39, 0.29) is 0 Å². The molecule has 0 bridgehead atoms. The molecule has 2 unspecified atom stereocenters. The lowest BCUT2D eigenvalue weighted by atomic mass is 9.72. The van der Waals surface area contributed by atoms with Gasteiger partial charge in [0.25, 0.3) is 0 Å². The minimum Gasteiger partial charge on any atom is -0.314 e. The summed E-state index contributed by atoms with van der Waals surface area (Å²) >= 11 is 0. The summed E-state index contributed by atoms with van der Waals surface area (Å²) in [4.78, 5) is 0. The second-order valence-electron chi connectivity index (χ2n) is 6.06. The van der Waals surface area contributed by atoms with Crippen LogP contribution in [-0.2, 0) is 0 Å². The van der Waals surface area contributed by atoms with Gasteiger partial charge in [-0.15, -0.1) is 0 Å². The lowest BCUT2D eigenvalue weighted by Gasteiger charge is -2.37. The second-order valence-corrected chi connectivity index (χ2v) is 6.06. The molecule has 15 heavy (non-hydrogen) atoms. The van der Waals surface area contributed by atoms with Gasteiger partial charge >= 0.3 is 0 Å². The average Bonchev–Trinajstić information content (AvgIpc) is 2.14. The molecule has 1 nitrogen and oxygen atoms in total. The third-order valence-electron chi connectivity index (χ3n) is 3.82. The molecule has 0 spiro atoms. The van der Waals surface area contributed by atoms with Crippen LogP contribution >= 0.6 is 0 Å². The normalized spacial score (nSPS) is 18.2. The Bertz CT molecular complexity index is 163. The fourth-order valence-corrected chi connectivity index (χ4v) is 1.89. The van der Waals surface area contributed by atoms with Crippen molar-refractivity contribution in [1.29, 1.82) is 0 Å². The topological polar surface area (TPSA) is 12.0 Å². The molecule has 92 valence electrons. The van der Waals surface area contributed by atoms with Gasteiger partial charge in [-0.25, -0.2) is 0 Å². The highest BCUT2D eigenvalue weighted by Gasteiger charge is 2.29. The molecule has 0 aromatic rings. The van der Waals surface area contributed by atoms with E-state index in [1.165, 1.54) is 12.8 Å². The smallest absolute Gasteiger partial charge is 0.00106 e. The Morgan fingerprint density at radius 3 is 1.93 bits per heavy atom. The van der Waals surface area contributed by atoms with E-state index in [4.69, 9.17) is 0 Å². The highest BCUT2D eigenvalue weighted by molar-refractivity contribution is 4.82. The monoisotopic (exact) mass is 213 g/mol. The van der Waals surface area contributed by atoms with Crippen molar-refractivity contribution in [2.24, 2.45) is 17.3 Å². The molecule has 0 rings (SSSR count). The molecule has 1 N–H and O–H groups in total. The van der Waals surface area contributed by atoms with Gasteiger partial charge in [-0.05, 0) is 23.7 Å². The Morgan fingerprint density at radius 1 is 1.07 bits per heavy atom. The first-order valence-electron chi connectivity index (χ1n) is 6.55. The summed E-state index contributed by atoms with van der Waals surface area (Å²) in [5, 5.41) is 3.60. The van der Waals surface area contributed by atoms with Crippen LogP contribution in [0, 0.1) is 17.3 Å². The maximum absolute atomic E-state index is 3.60. The molecule has 0 saturated heterocycles. The summed E-state index contributed by atoms with van der Waals surface area (Å²) in [6.07, 6.45) is 2.63. The molecule has 0 aromatic heterocycles. The highest BCUT2D eigenvalue weighted by atomic mass is 14.9. The zero-order valence-corrected chi connectivity index (χ0v) is 11.9. The summed E-state index contributed by atoms with van der Waals surface area (Å²) in [5.74, 6) is 1.59. The van der Waals surface area contributed by atoms with Crippen LogP contribution in [0.2, 0.25) is 0 Å². The summed E-state index contributed by atoms with van der Waals surface area (Å²) in [6, 6.07) is 0.597. The zero-order valence-electron chi connectivity index (χ0n) is 11.9. The number of hydrogen-bond acceptors (Lipinski definition) is 1. The van der Waals surface area contributed by atoms with Crippen LogP contribution in [0.3, 0.4) is 0 Å². The molecule has 2 atom stereocenters. The van der Waals surface area contributed by atoms with E-state index in [0.29, 0.717) is 11.5 Å². The molecule has 0 saturated carbocycles. The first-order valence-corrected chi connectivity index (χ1v) is 6.55. The SMILES string of the molecule is CCC(C)CC(C)(CNC(C)C)C(C)C. The molecule has 1 heteroatoms. The van der Waals surface area contributed by atoms with Gasteiger partial charge in [-0.1, -0.05) is 54.9 Å². The van der Waals surface area contributed by atoms with Crippen molar-refractivity contribution in [3.8, 4) is 0 Å². The fraction of sp³-hybridized carbons (Fsp3) is 1.00. The van der Waals surface area contributed by atoms with Gasteiger partial charge in [0, 0.05) is 12.6 Å². The fourth-order valence-electron chi connectivity index (χ4n) is 1.89. The molecule has 0 radical (unpaired) electrons. The molecule has 0 heterocycles. The van der Waals surface area contributed by atoms with Crippen LogP contribution < -0.4 is 5.32 Å². The standard InChI is InChI=1S/C14H31N/c1-8-13(6)9-14(7,11(2)3)10-15-12(4)5/h11-13,15H,8-10H2,1-7H3. The molecule has 0 fully saturated rings. The maximum Gasteiger partial charge on any atom is 0.00106 e. The molecule has 0 aliphatic carbocycles. The van der Waals surface area contributed by atoms with Crippen molar-refractivity contribution >= 4 is 0 Å². The van der Waals surface area contributed by atoms with E-state index >= 15 is 0 Å². The minimum atomic E-state index is 0.444. The average molecular weight is 213 g/mol. The Balaban J connectivity index is 4.31. The quantitative estimate of drug-likeness (QED) is 0.672. The maximum atomic E-state index is 3.60. The van der Waals surface area contributed by atoms with Crippen LogP contribution in [-0.4, -0.2) is 12.6 Å². The second kappa shape index (κ2) is 6.52. The number of hydrogen-bond donors (Lipinski definition) is 1. The van der Waals surface area contributed by atoms with Crippen molar-refractivity contribution < 1.29 is 0 Å². The Kier molecular flexibility index (Phi) is 6.51. The molecule has 0 aliphatic heterocycles. The van der Waals surface area contributed by atoms with E-state index in [1.807, 2.05) is 0 Å². The van der Waals surface area contributed by atoms with Crippen LogP contribution in [0.5, 0.6) is 0 Å². The number of rotatable bonds is 7.